The van der Waals surface area contributed by atoms with E-state index >= 15 is 0 Å². The van der Waals surface area contributed by atoms with E-state index in [1.54, 1.807) is 22.7 Å². The number of carboxylic acid groups (broad SMARTS) is 1. The number of thiophene rings is 1. The Morgan fingerprint density at radius 1 is 1.56 bits per heavy atom. The quantitative estimate of drug-likeness (QED) is 0.904. The van der Waals surface area contributed by atoms with Gasteiger partial charge in [0.15, 0.2) is 5.13 Å². The number of thiazole rings is 1. The minimum Gasteiger partial charge on any atom is -0.481 e. The smallest absolute Gasteiger partial charge is 0.312 e. The normalized spacial score (nSPS) is 18.3. The molecule has 2 aromatic rings. The summed E-state index contributed by atoms with van der Waals surface area (Å²) in [5.74, 6) is -1.19. The third kappa shape index (κ3) is 2.13. The molecule has 6 heteroatoms. The first-order valence-corrected chi connectivity index (χ1v) is 7.51. The SMILES string of the molecule is O=C(O)C1CCCc2sc(Nc3ccsc3)nc21. The molecule has 0 bridgehead atoms. The third-order valence-corrected chi connectivity index (χ3v) is 4.75. The minimum absolute atomic E-state index is 0.428. The molecule has 0 spiro atoms. The van der Waals surface area contributed by atoms with E-state index in [2.05, 4.69) is 10.3 Å². The number of fused-ring (bicyclic) bond motifs is 1. The van der Waals surface area contributed by atoms with Crippen molar-refractivity contribution >= 4 is 39.5 Å². The molecule has 1 atom stereocenters. The van der Waals surface area contributed by atoms with Gasteiger partial charge in [-0.1, -0.05) is 0 Å². The van der Waals surface area contributed by atoms with Crippen LogP contribution in [-0.4, -0.2) is 16.1 Å². The van der Waals surface area contributed by atoms with Gasteiger partial charge < -0.3 is 10.4 Å². The van der Waals surface area contributed by atoms with E-state index in [4.69, 9.17) is 0 Å². The molecule has 0 aliphatic heterocycles. The molecule has 0 radical (unpaired) electrons. The molecule has 94 valence electrons. The lowest BCUT2D eigenvalue weighted by atomic mass is 9.91. The van der Waals surface area contributed by atoms with Crippen LogP contribution in [0.2, 0.25) is 0 Å². The van der Waals surface area contributed by atoms with Crippen molar-refractivity contribution in [3.8, 4) is 0 Å². The van der Waals surface area contributed by atoms with Gasteiger partial charge in [-0.2, -0.15) is 11.3 Å². The average molecular weight is 280 g/mol. The molecule has 0 saturated carbocycles. The molecule has 0 amide bonds. The molecule has 4 nitrogen and oxygen atoms in total. The minimum atomic E-state index is -0.761. The highest BCUT2D eigenvalue weighted by atomic mass is 32.1. The van der Waals surface area contributed by atoms with E-state index in [1.165, 1.54) is 0 Å². The van der Waals surface area contributed by atoms with Crippen molar-refractivity contribution in [1.29, 1.82) is 0 Å². The zero-order chi connectivity index (χ0) is 12.5. The molecular formula is C12H12N2O2S2. The summed E-state index contributed by atoms with van der Waals surface area (Å²) < 4.78 is 0. The Morgan fingerprint density at radius 3 is 3.17 bits per heavy atom. The maximum atomic E-state index is 11.2. The lowest BCUT2D eigenvalue weighted by molar-refractivity contribution is -0.139. The van der Waals surface area contributed by atoms with Crippen molar-refractivity contribution in [1.82, 2.24) is 4.98 Å². The maximum absolute atomic E-state index is 11.2. The number of anilines is 2. The number of carboxylic acids is 1. The summed E-state index contributed by atoms with van der Waals surface area (Å²) in [5, 5.41) is 17.2. The second kappa shape index (κ2) is 4.70. The zero-order valence-corrected chi connectivity index (χ0v) is 11.2. The number of carbonyl (C=O) groups is 1. The molecule has 0 aromatic carbocycles. The topological polar surface area (TPSA) is 62.2 Å². The van der Waals surface area contributed by atoms with E-state index in [0.717, 1.165) is 34.2 Å². The number of nitrogens with zero attached hydrogens (tertiary/aromatic N) is 1. The van der Waals surface area contributed by atoms with E-state index in [1.807, 2.05) is 16.8 Å². The Hall–Kier alpha value is -1.40. The fourth-order valence-corrected chi connectivity index (χ4v) is 3.84. The highest BCUT2D eigenvalue weighted by Crippen LogP contribution is 2.37. The van der Waals surface area contributed by atoms with Gasteiger partial charge in [-0.15, -0.1) is 11.3 Å². The van der Waals surface area contributed by atoms with Crippen LogP contribution in [0.5, 0.6) is 0 Å². The van der Waals surface area contributed by atoms with Crippen LogP contribution < -0.4 is 5.32 Å². The van der Waals surface area contributed by atoms with Crippen LogP contribution in [0.25, 0.3) is 0 Å². The third-order valence-electron chi connectivity index (χ3n) is 3.02. The van der Waals surface area contributed by atoms with E-state index < -0.39 is 11.9 Å². The van der Waals surface area contributed by atoms with Gasteiger partial charge in [0, 0.05) is 10.3 Å². The fourth-order valence-electron chi connectivity index (χ4n) is 2.17. The van der Waals surface area contributed by atoms with E-state index in [-0.39, 0.29) is 0 Å². The Balaban J connectivity index is 1.89. The van der Waals surface area contributed by atoms with Gasteiger partial charge in [0.05, 0.1) is 11.4 Å². The predicted molar refractivity (Wildman–Crippen MR) is 73.0 cm³/mol. The van der Waals surface area contributed by atoms with Crippen LogP contribution in [0.4, 0.5) is 10.8 Å². The van der Waals surface area contributed by atoms with Gasteiger partial charge in [-0.05, 0) is 30.7 Å². The van der Waals surface area contributed by atoms with Crippen LogP contribution in [-0.2, 0) is 11.2 Å². The van der Waals surface area contributed by atoms with Crippen LogP contribution in [0.15, 0.2) is 16.8 Å². The van der Waals surface area contributed by atoms with E-state index in [0.29, 0.717) is 6.42 Å². The second-order valence-electron chi connectivity index (χ2n) is 4.25. The monoisotopic (exact) mass is 280 g/mol. The van der Waals surface area contributed by atoms with Gasteiger partial charge in [0.25, 0.3) is 0 Å². The van der Waals surface area contributed by atoms with Gasteiger partial charge in [-0.3, -0.25) is 4.79 Å². The summed E-state index contributed by atoms with van der Waals surface area (Å²) in [4.78, 5) is 16.8. The number of aromatic nitrogens is 1. The first-order valence-electron chi connectivity index (χ1n) is 5.75. The molecule has 1 aliphatic rings. The van der Waals surface area contributed by atoms with Gasteiger partial charge in [0.2, 0.25) is 0 Å². The summed E-state index contributed by atoms with van der Waals surface area (Å²) in [6.45, 7) is 0. The van der Waals surface area contributed by atoms with E-state index in [9.17, 15) is 9.90 Å². The molecule has 2 N–H and O–H groups in total. The summed E-state index contributed by atoms with van der Waals surface area (Å²) in [5.41, 5.74) is 1.77. The van der Waals surface area contributed by atoms with Crippen molar-refractivity contribution < 1.29 is 9.90 Å². The summed E-state index contributed by atoms with van der Waals surface area (Å²) in [6, 6.07) is 1.99. The number of rotatable bonds is 3. The largest absolute Gasteiger partial charge is 0.481 e. The lowest BCUT2D eigenvalue weighted by Crippen LogP contribution is -2.17. The first kappa shape index (κ1) is 11.7. The number of nitrogens with one attached hydrogen (secondary N) is 1. The van der Waals surface area contributed by atoms with Crippen molar-refractivity contribution in [2.24, 2.45) is 0 Å². The Morgan fingerprint density at radius 2 is 2.44 bits per heavy atom. The van der Waals surface area contributed by atoms with Crippen molar-refractivity contribution in [3.63, 3.8) is 0 Å². The summed E-state index contributed by atoms with van der Waals surface area (Å²) >= 11 is 3.19. The number of aliphatic carboxylic acids is 1. The molecule has 2 aromatic heterocycles. The maximum Gasteiger partial charge on any atom is 0.312 e. The van der Waals surface area contributed by atoms with Gasteiger partial charge >= 0.3 is 5.97 Å². The highest BCUT2D eigenvalue weighted by molar-refractivity contribution is 7.15. The van der Waals surface area contributed by atoms with Gasteiger partial charge in [0.1, 0.15) is 5.92 Å². The van der Waals surface area contributed by atoms with Crippen LogP contribution in [0.3, 0.4) is 0 Å². The lowest BCUT2D eigenvalue weighted by Gasteiger charge is -2.16. The second-order valence-corrected chi connectivity index (χ2v) is 6.11. The molecular weight excluding hydrogens is 268 g/mol. The van der Waals surface area contributed by atoms with Crippen LogP contribution in [0, 0.1) is 0 Å². The van der Waals surface area contributed by atoms with Gasteiger partial charge in [-0.25, -0.2) is 4.98 Å². The predicted octanol–water partition coefficient (Wildman–Crippen LogP) is 3.45. The van der Waals surface area contributed by atoms with Crippen LogP contribution in [0.1, 0.15) is 29.3 Å². The highest BCUT2D eigenvalue weighted by Gasteiger charge is 2.29. The standard InChI is InChI=1S/C12H12N2O2S2/c15-11(16)8-2-1-3-9-10(8)14-12(18-9)13-7-4-5-17-6-7/h4-6,8H,1-3H2,(H,13,14)(H,15,16). The molecule has 2 heterocycles. The fraction of sp³-hybridized carbons (Fsp3) is 0.333. The van der Waals surface area contributed by atoms with Crippen molar-refractivity contribution in [2.45, 2.75) is 25.2 Å². The summed E-state index contributed by atoms with van der Waals surface area (Å²) in [6.07, 6.45) is 2.58. The molecule has 3 rings (SSSR count). The number of aryl methyl sites for hydroxylation is 1. The first-order chi connectivity index (χ1) is 8.74. The van der Waals surface area contributed by atoms with Crippen molar-refractivity contribution in [2.75, 3.05) is 5.32 Å². The van der Waals surface area contributed by atoms with Crippen molar-refractivity contribution in [3.05, 3.63) is 27.4 Å². The molecule has 1 unspecified atom stereocenters. The Labute approximate surface area is 112 Å². The summed E-state index contributed by atoms with van der Waals surface area (Å²) in [7, 11) is 0. The van der Waals surface area contributed by atoms with Crippen LogP contribution >= 0.6 is 22.7 Å². The molecule has 1 aliphatic carbocycles. The molecule has 18 heavy (non-hydrogen) atoms. The Bertz CT molecular complexity index is 563. The Kier molecular flexibility index (Phi) is 3.05. The zero-order valence-electron chi connectivity index (χ0n) is 9.55. The molecule has 0 saturated heterocycles. The molecule has 0 fully saturated rings. The number of hydrogen-bond acceptors (Lipinski definition) is 5. The number of hydrogen-bond donors (Lipinski definition) is 2. The average Bonchev–Trinajstić information content (AvgIpc) is 2.96.